The molecule has 174 valence electrons. The van der Waals surface area contributed by atoms with E-state index in [0.29, 0.717) is 31.2 Å². The van der Waals surface area contributed by atoms with E-state index in [1.807, 2.05) is 37.3 Å². The average molecular weight is 441 g/mol. The first kappa shape index (κ1) is 23.8. The number of rotatable bonds is 7. The third kappa shape index (κ3) is 4.81. The lowest BCUT2D eigenvalue weighted by Crippen LogP contribution is -2.63. The van der Waals surface area contributed by atoms with Gasteiger partial charge in [0.1, 0.15) is 17.0 Å². The Hall–Kier alpha value is -2.83. The summed E-state index contributed by atoms with van der Waals surface area (Å²) in [6.45, 7) is 13.5. The van der Waals surface area contributed by atoms with E-state index < -0.39 is 5.54 Å². The van der Waals surface area contributed by atoms with E-state index in [1.54, 1.807) is 16.7 Å². The number of ether oxygens (including phenoxy) is 1. The fourth-order valence-corrected chi connectivity index (χ4v) is 3.83. The Morgan fingerprint density at radius 3 is 2.47 bits per heavy atom. The maximum absolute atomic E-state index is 13.6. The van der Waals surface area contributed by atoms with E-state index in [4.69, 9.17) is 9.84 Å². The number of amides is 2. The van der Waals surface area contributed by atoms with E-state index in [0.717, 1.165) is 23.4 Å². The van der Waals surface area contributed by atoms with E-state index in [9.17, 15) is 9.59 Å². The van der Waals surface area contributed by atoms with Crippen molar-refractivity contribution >= 4 is 11.8 Å². The lowest BCUT2D eigenvalue weighted by Gasteiger charge is -2.43. The Bertz CT molecular complexity index is 972. The normalized spacial score (nSPS) is 18.6. The molecule has 3 rings (SSSR count). The summed E-state index contributed by atoms with van der Waals surface area (Å²) >= 11 is 0. The number of hydrogen-bond acceptors (Lipinski definition) is 4. The molecule has 2 heterocycles. The summed E-state index contributed by atoms with van der Waals surface area (Å²) in [7, 11) is 1.62. The van der Waals surface area contributed by atoms with Crippen molar-refractivity contribution in [3.05, 3.63) is 47.3 Å². The standard InChI is InChI=1S/C25H36N4O3/c1-17(2)12-13-26-23(31)25(6)16-29-20(14-21(27-29)24(3,4)5)22(30)28(25)15-18-8-10-19(32-7)11-9-18/h8-11,14,17H,12-13,15-16H2,1-7H3,(H,26,31)/t25-/m0/s1. The molecule has 1 aliphatic rings. The molecule has 0 saturated heterocycles. The first-order chi connectivity index (χ1) is 15.0. The molecule has 1 atom stereocenters. The molecule has 0 unspecified atom stereocenters. The van der Waals surface area contributed by atoms with Crippen LogP contribution in [0.5, 0.6) is 5.75 Å². The zero-order valence-corrected chi connectivity index (χ0v) is 20.4. The third-order valence-electron chi connectivity index (χ3n) is 6.06. The van der Waals surface area contributed by atoms with Crippen LogP contribution in [0.25, 0.3) is 0 Å². The van der Waals surface area contributed by atoms with Crippen molar-refractivity contribution in [1.82, 2.24) is 20.0 Å². The molecule has 0 radical (unpaired) electrons. The molecule has 0 aliphatic carbocycles. The van der Waals surface area contributed by atoms with Crippen molar-refractivity contribution < 1.29 is 14.3 Å². The number of carbonyl (C=O) groups is 2. The molecule has 1 N–H and O–H groups in total. The highest BCUT2D eigenvalue weighted by Gasteiger charge is 2.48. The van der Waals surface area contributed by atoms with E-state index in [2.05, 4.69) is 39.9 Å². The average Bonchev–Trinajstić information content (AvgIpc) is 3.15. The Labute approximate surface area is 191 Å². The molecule has 32 heavy (non-hydrogen) atoms. The molecule has 7 heteroatoms. The Balaban J connectivity index is 1.97. The Morgan fingerprint density at radius 1 is 1.25 bits per heavy atom. The second kappa shape index (κ2) is 8.96. The lowest BCUT2D eigenvalue weighted by atomic mass is 9.91. The third-order valence-corrected chi connectivity index (χ3v) is 6.06. The van der Waals surface area contributed by atoms with Crippen molar-refractivity contribution in [2.24, 2.45) is 5.92 Å². The van der Waals surface area contributed by atoms with Crippen LogP contribution in [0.2, 0.25) is 0 Å². The van der Waals surface area contributed by atoms with Crippen LogP contribution in [0.15, 0.2) is 30.3 Å². The molecule has 0 spiro atoms. The SMILES string of the molecule is COc1ccc(CN2C(=O)c3cc(C(C)(C)C)nn3C[C@@]2(C)C(=O)NCCC(C)C)cc1. The summed E-state index contributed by atoms with van der Waals surface area (Å²) in [4.78, 5) is 28.7. The molecule has 7 nitrogen and oxygen atoms in total. The molecule has 1 aliphatic heterocycles. The van der Waals surface area contributed by atoms with Crippen molar-refractivity contribution in [2.45, 2.75) is 72.0 Å². The summed E-state index contributed by atoms with van der Waals surface area (Å²) in [6, 6.07) is 9.45. The first-order valence-electron chi connectivity index (χ1n) is 11.3. The molecule has 2 aromatic rings. The monoisotopic (exact) mass is 440 g/mol. The van der Waals surface area contributed by atoms with Crippen molar-refractivity contribution in [3.8, 4) is 5.75 Å². The van der Waals surface area contributed by atoms with E-state index in [-0.39, 0.29) is 17.2 Å². The maximum atomic E-state index is 13.6. The molecule has 0 saturated carbocycles. The Morgan fingerprint density at radius 2 is 1.91 bits per heavy atom. The van der Waals surface area contributed by atoms with E-state index >= 15 is 0 Å². The van der Waals surface area contributed by atoms with Gasteiger partial charge in [-0.1, -0.05) is 46.8 Å². The highest BCUT2D eigenvalue weighted by atomic mass is 16.5. The number of hydrogen-bond donors (Lipinski definition) is 1. The number of nitrogens with zero attached hydrogens (tertiary/aromatic N) is 3. The van der Waals surface area contributed by atoms with Crippen LogP contribution in [-0.2, 0) is 23.3 Å². The van der Waals surface area contributed by atoms with Gasteiger partial charge >= 0.3 is 0 Å². The van der Waals surface area contributed by atoms with Gasteiger partial charge in [0.2, 0.25) is 5.91 Å². The van der Waals surface area contributed by atoms with Gasteiger partial charge in [-0.2, -0.15) is 5.10 Å². The highest BCUT2D eigenvalue weighted by Crippen LogP contribution is 2.32. The van der Waals surface area contributed by atoms with Crippen LogP contribution in [0, 0.1) is 5.92 Å². The van der Waals surface area contributed by atoms with Gasteiger partial charge < -0.3 is 15.0 Å². The van der Waals surface area contributed by atoms with Crippen LogP contribution >= 0.6 is 0 Å². The molecule has 0 fully saturated rings. The van der Waals surface area contributed by atoms with Crippen LogP contribution in [0.3, 0.4) is 0 Å². The number of methoxy groups -OCH3 is 1. The van der Waals surface area contributed by atoms with Crippen LogP contribution in [-0.4, -0.2) is 45.7 Å². The minimum absolute atomic E-state index is 0.154. The molecular weight excluding hydrogens is 404 g/mol. The largest absolute Gasteiger partial charge is 0.497 e. The number of carbonyl (C=O) groups excluding carboxylic acids is 2. The van der Waals surface area contributed by atoms with Gasteiger partial charge in [0.15, 0.2) is 0 Å². The highest BCUT2D eigenvalue weighted by molar-refractivity contribution is 5.99. The van der Waals surface area contributed by atoms with E-state index in [1.165, 1.54) is 0 Å². The second-order valence-electron chi connectivity index (χ2n) is 10.3. The summed E-state index contributed by atoms with van der Waals surface area (Å²) in [5.74, 6) is 0.898. The van der Waals surface area contributed by atoms with Gasteiger partial charge in [-0.3, -0.25) is 14.3 Å². The maximum Gasteiger partial charge on any atom is 0.273 e. The summed E-state index contributed by atoms with van der Waals surface area (Å²) in [5.41, 5.74) is 1.05. The summed E-state index contributed by atoms with van der Waals surface area (Å²) < 4.78 is 6.95. The zero-order valence-electron chi connectivity index (χ0n) is 20.4. The van der Waals surface area contributed by atoms with Gasteiger partial charge in [0, 0.05) is 18.5 Å². The summed E-state index contributed by atoms with van der Waals surface area (Å²) in [6.07, 6.45) is 0.884. The zero-order chi connectivity index (χ0) is 23.7. The minimum atomic E-state index is -1.05. The van der Waals surface area contributed by atoms with Crippen LogP contribution in [0.1, 0.15) is 69.7 Å². The predicted molar refractivity (Wildman–Crippen MR) is 125 cm³/mol. The molecular formula is C25H36N4O3. The molecule has 0 bridgehead atoms. The fraction of sp³-hybridized carbons (Fsp3) is 0.560. The molecule has 1 aromatic carbocycles. The lowest BCUT2D eigenvalue weighted by molar-refractivity contribution is -0.133. The minimum Gasteiger partial charge on any atom is -0.497 e. The number of fused-ring (bicyclic) bond motifs is 1. The van der Waals surface area contributed by atoms with Crippen LogP contribution in [0.4, 0.5) is 0 Å². The van der Waals surface area contributed by atoms with Gasteiger partial charge in [0.25, 0.3) is 5.91 Å². The van der Waals surface area contributed by atoms with Gasteiger partial charge in [-0.25, -0.2) is 0 Å². The topological polar surface area (TPSA) is 76.5 Å². The van der Waals surface area contributed by atoms with Crippen molar-refractivity contribution in [2.75, 3.05) is 13.7 Å². The number of benzene rings is 1. The summed E-state index contributed by atoms with van der Waals surface area (Å²) in [5, 5.41) is 7.75. The first-order valence-corrected chi connectivity index (χ1v) is 11.3. The predicted octanol–water partition coefficient (Wildman–Crippen LogP) is 3.77. The quantitative estimate of drug-likeness (QED) is 0.711. The smallest absolute Gasteiger partial charge is 0.273 e. The second-order valence-corrected chi connectivity index (χ2v) is 10.3. The van der Waals surface area contributed by atoms with Gasteiger partial charge in [0.05, 0.1) is 19.3 Å². The van der Waals surface area contributed by atoms with Crippen molar-refractivity contribution in [1.29, 1.82) is 0 Å². The van der Waals surface area contributed by atoms with Crippen LogP contribution < -0.4 is 10.1 Å². The van der Waals surface area contributed by atoms with Gasteiger partial charge in [-0.05, 0) is 43.0 Å². The van der Waals surface area contributed by atoms with Gasteiger partial charge in [-0.15, -0.1) is 0 Å². The Kier molecular flexibility index (Phi) is 6.67. The fourth-order valence-electron chi connectivity index (χ4n) is 3.83. The molecule has 2 amide bonds. The number of nitrogens with one attached hydrogen (secondary N) is 1. The molecule has 1 aromatic heterocycles. The number of aromatic nitrogens is 2. The van der Waals surface area contributed by atoms with Crippen molar-refractivity contribution in [3.63, 3.8) is 0 Å².